The van der Waals surface area contributed by atoms with Crippen molar-refractivity contribution in [2.24, 2.45) is 0 Å². The quantitative estimate of drug-likeness (QED) is 0.491. The van der Waals surface area contributed by atoms with E-state index in [0.717, 1.165) is 31.4 Å². The standard InChI is InChI=1S/C7H17O2SSi/c1-3-8-11(9-4-2)7-5-6-10/h10H,3-7H2,1-2H3. The maximum Gasteiger partial charge on any atom is 0.384 e. The summed E-state index contributed by atoms with van der Waals surface area (Å²) in [5.74, 6) is 0.925. The van der Waals surface area contributed by atoms with Gasteiger partial charge < -0.3 is 8.85 Å². The van der Waals surface area contributed by atoms with E-state index >= 15 is 0 Å². The molecular weight excluding hydrogens is 176 g/mol. The zero-order valence-electron chi connectivity index (χ0n) is 7.30. The second-order valence-corrected chi connectivity index (χ2v) is 4.33. The van der Waals surface area contributed by atoms with Crippen LogP contribution in [0.5, 0.6) is 0 Å². The second kappa shape index (κ2) is 8.58. The minimum Gasteiger partial charge on any atom is -0.394 e. The molecule has 0 spiro atoms. The Morgan fingerprint density at radius 1 is 1.18 bits per heavy atom. The second-order valence-electron chi connectivity index (χ2n) is 2.07. The van der Waals surface area contributed by atoms with Crippen molar-refractivity contribution in [3.63, 3.8) is 0 Å². The van der Waals surface area contributed by atoms with E-state index in [1.165, 1.54) is 0 Å². The van der Waals surface area contributed by atoms with Crippen molar-refractivity contribution in [3.05, 3.63) is 0 Å². The first kappa shape index (κ1) is 11.5. The zero-order chi connectivity index (χ0) is 8.53. The van der Waals surface area contributed by atoms with E-state index in [4.69, 9.17) is 8.85 Å². The lowest BCUT2D eigenvalue weighted by molar-refractivity contribution is 0.213. The highest BCUT2D eigenvalue weighted by Crippen LogP contribution is 2.02. The molecule has 0 heterocycles. The maximum absolute atomic E-state index is 5.43. The Morgan fingerprint density at radius 2 is 1.73 bits per heavy atom. The average Bonchev–Trinajstić information content (AvgIpc) is 2.01. The fourth-order valence-electron chi connectivity index (χ4n) is 0.731. The molecule has 0 aliphatic carbocycles. The normalized spacial score (nSPS) is 10.9. The topological polar surface area (TPSA) is 18.5 Å². The van der Waals surface area contributed by atoms with Gasteiger partial charge in [0.2, 0.25) is 0 Å². The molecule has 0 unspecified atom stereocenters. The molecule has 0 aromatic carbocycles. The summed E-state index contributed by atoms with van der Waals surface area (Å²) < 4.78 is 10.9. The smallest absolute Gasteiger partial charge is 0.384 e. The first-order valence-corrected chi connectivity index (χ1v) is 6.23. The third kappa shape index (κ3) is 6.87. The van der Waals surface area contributed by atoms with Gasteiger partial charge in [-0.2, -0.15) is 12.6 Å². The van der Waals surface area contributed by atoms with Crippen molar-refractivity contribution in [1.29, 1.82) is 0 Å². The number of hydrogen-bond acceptors (Lipinski definition) is 3. The lowest BCUT2D eigenvalue weighted by atomic mass is 10.6. The van der Waals surface area contributed by atoms with E-state index in [2.05, 4.69) is 12.6 Å². The summed E-state index contributed by atoms with van der Waals surface area (Å²) in [5, 5.41) is 0. The lowest BCUT2D eigenvalue weighted by Crippen LogP contribution is -2.22. The Morgan fingerprint density at radius 3 is 2.09 bits per heavy atom. The first-order chi connectivity index (χ1) is 5.35. The largest absolute Gasteiger partial charge is 0.394 e. The Hall–Kier alpha value is 0.487. The molecule has 0 aliphatic rings. The van der Waals surface area contributed by atoms with E-state index < -0.39 is 9.28 Å². The summed E-state index contributed by atoms with van der Waals surface area (Å²) in [6.07, 6.45) is 1.09. The summed E-state index contributed by atoms with van der Waals surface area (Å²) >= 11 is 4.14. The SMILES string of the molecule is CCO[Si](CCCS)OCC. The van der Waals surface area contributed by atoms with Gasteiger partial charge in [0, 0.05) is 13.2 Å². The van der Waals surface area contributed by atoms with Gasteiger partial charge >= 0.3 is 9.28 Å². The van der Waals surface area contributed by atoms with Crippen molar-refractivity contribution in [3.8, 4) is 0 Å². The molecule has 0 amide bonds. The van der Waals surface area contributed by atoms with Crippen LogP contribution in [0.4, 0.5) is 0 Å². The monoisotopic (exact) mass is 193 g/mol. The molecule has 0 rings (SSSR count). The van der Waals surface area contributed by atoms with Crippen LogP contribution in [0.25, 0.3) is 0 Å². The van der Waals surface area contributed by atoms with Gasteiger partial charge in [-0.05, 0) is 32.1 Å². The Balaban J connectivity index is 3.34. The fraction of sp³-hybridized carbons (Fsp3) is 1.00. The van der Waals surface area contributed by atoms with Crippen LogP contribution < -0.4 is 0 Å². The Labute approximate surface area is 76.5 Å². The molecule has 1 radical (unpaired) electrons. The van der Waals surface area contributed by atoms with Crippen molar-refractivity contribution >= 4 is 21.9 Å². The predicted octanol–water partition coefficient (Wildman–Crippen LogP) is 1.87. The molecule has 67 valence electrons. The third-order valence-corrected chi connectivity index (χ3v) is 3.45. The molecule has 0 atom stereocenters. The van der Waals surface area contributed by atoms with Gasteiger partial charge in [0.1, 0.15) is 0 Å². The van der Waals surface area contributed by atoms with E-state index in [1.54, 1.807) is 0 Å². The van der Waals surface area contributed by atoms with Crippen LogP contribution in [0.2, 0.25) is 6.04 Å². The molecule has 0 N–H and O–H groups in total. The van der Waals surface area contributed by atoms with Crippen LogP contribution in [-0.4, -0.2) is 28.3 Å². The van der Waals surface area contributed by atoms with Crippen molar-refractivity contribution in [2.75, 3.05) is 19.0 Å². The molecule has 0 bridgehead atoms. The van der Waals surface area contributed by atoms with Crippen LogP contribution in [-0.2, 0) is 8.85 Å². The van der Waals surface area contributed by atoms with Crippen molar-refractivity contribution in [2.45, 2.75) is 26.3 Å². The van der Waals surface area contributed by atoms with Gasteiger partial charge in [-0.1, -0.05) is 0 Å². The molecule has 0 aliphatic heterocycles. The minimum absolute atomic E-state index is 0.765. The molecule has 0 fully saturated rings. The van der Waals surface area contributed by atoms with Gasteiger partial charge in [0.05, 0.1) is 0 Å². The molecule has 4 heteroatoms. The van der Waals surface area contributed by atoms with Crippen LogP contribution in [0.15, 0.2) is 0 Å². The molecule has 2 nitrogen and oxygen atoms in total. The van der Waals surface area contributed by atoms with E-state index in [1.807, 2.05) is 13.8 Å². The van der Waals surface area contributed by atoms with E-state index in [9.17, 15) is 0 Å². The maximum atomic E-state index is 5.43. The highest BCUT2D eigenvalue weighted by molar-refractivity contribution is 7.80. The fourth-order valence-corrected chi connectivity index (χ4v) is 2.67. The summed E-state index contributed by atoms with van der Waals surface area (Å²) in [4.78, 5) is 0. The van der Waals surface area contributed by atoms with Gasteiger partial charge in [0.25, 0.3) is 0 Å². The third-order valence-electron chi connectivity index (χ3n) is 1.15. The molecule has 0 saturated heterocycles. The van der Waals surface area contributed by atoms with Crippen molar-refractivity contribution < 1.29 is 8.85 Å². The van der Waals surface area contributed by atoms with Gasteiger partial charge in [-0.3, -0.25) is 0 Å². The molecular formula is C7H17O2SSi. The Kier molecular flexibility index (Phi) is 8.96. The van der Waals surface area contributed by atoms with Gasteiger partial charge in [-0.25, -0.2) is 0 Å². The Bertz CT molecular complexity index is 76.8. The lowest BCUT2D eigenvalue weighted by Gasteiger charge is -2.11. The summed E-state index contributed by atoms with van der Waals surface area (Å²) in [7, 11) is -0.958. The molecule has 0 aromatic rings. The van der Waals surface area contributed by atoms with Crippen LogP contribution >= 0.6 is 12.6 Å². The van der Waals surface area contributed by atoms with Crippen molar-refractivity contribution in [1.82, 2.24) is 0 Å². The minimum atomic E-state index is -0.958. The van der Waals surface area contributed by atoms with E-state index in [-0.39, 0.29) is 0 Å². The van der Waals surface area contributed by atoms with Gasteiger partial charge in [0.15, 0.2) is 0 Å². The summed E-state index contributed by atoms with van der Waals surface area (Å²) in [6, 6.07) is 1.05. The molecule has 11 heavy (non-hydrogen) atoms. The highest BCUT2D eigenvalue weighted by atomic mass is 32.1. The first-order valence-electron chi connectivity index (χ1n) is 4.07. The number of rotatable bonds is 7. The van der Waals surface area contributed by atoms with E-state index in [0.29, 0.717) is 0 Å². The number of hydrogen-bond donors (Lipinski definition) is 1. The van der Waals surface area contributed by atoms with Crippen LogP contribution in [0, 0.1) is 0 Å². The summed E-state index contributed by atoms with van der Waals surface area (Å²) in [5.41, 5.74) is 0. The predicted molar refractivity (Wildman–Crippen MR) is 52.3 cm³/mol. The summed E-state index contributed by atoms with van der Waals surface area (Å²) in [6.45, 7) is 5.54. The van der Waals surface area contributed by atoms with Gasteiger partial charge in [-0.15, -0.1) is 0 Å². The number of thiol groups is 1. The van der Waals surface area contributed by atoms with Crippen LogP contribution in [0.3, 0.4) is 0 Å². The van der Waals surface area contributed by atoms with Crippen LogP contribution in [0.1, 0.15) is 20.3 Å². The molecule has 0 saturated carbocycles. The molecule has 0 aromatic heterocycles. The average molecular weight is 193 g/mol. The zero-order valence-corrected chi connectivity index (χ0v) is 9.19. The highest BCUT2D eigenvalue weighted by Gasteiger charge is 2.12.